The molecular weight excluding hydrogens is 332 g/mol. The molecule has 0 unspecified atom stereocenters. The van der Waals surface area contributed by atoms with Crippen molar-refractivity contribution in [3.63, 3.8) is 0 Å². The van der Waals surface area contributed by atoms with Crippen LogP contribution in [0.2, 0.25) is 5.02 Å². The molecular formula is C16H19ClN4OS. The van der Waals surface area contributed by atoms with Crippen LogP contribution in [0.4, 0.5) is 10.8 Å². The molecule has 5 nitrogen and oxygen atoms in total. The van der Waals surface area contributed by atoms with Crippen molar-refractivity contribution in [2.45, 2.75) is 6.92 Å². The molecule has 1 N–H and O–H groups in total. The van der Waals surface area contributed by atoms with Crippen molar-refractivity contribution < 1.29 is 4.79 Å². The number of benzene rings is 1. The first-order valence-electron chi connectivity index (χ1n) is 7.53. The van der Waals surface area contributed by atoms with Crippen LogP contribution in [0.5, 0.6) is 0 Å². The largest absolute Gasteiger partial charge is 0.368 e. The highest BCUT2D eigenvalue weighted by Crippen LogP contribution is 2.25. The standard InChI is InChI=1S/C16H19ClN4OS/c1-11-14(23-16(18-2)19-11)15(22)21-8-6-20(7-9-21)13-5-3-4-12(17)10-13/h3-5,10H,6-9H2,1-2H3,(H,18,19). The zero-order valence-corrected chi connectivity index (χ0v) is 14.7. The number of nitrogens with one attached hydrogen (secondary N) is 1. The van der Waals surface area contributed by atoms with Gasteiger partial charge in [-0.05, 0) is 25.1 Å². The summed E-state index contributed by atoms with van der Waals surface area (Å²) in [4.78, 5) is 21.9. The first-order chi connectivity index (χ1) is 11.1. The van der Waals surface area contributed by atoms with Gasteiger partial charge in [0.15, 0.2) is 5.13 Å². The van der Waals surface area contributed by atoms with Crippen LogP contribution in [-0.4, -0.2) is 49.0 Å². The van der Waals surface area contributed by atoms with E-state index < -0.39 is 0 Å². The lowest BCUT2D eigenvalue weighted by molar-refractivity contribution is 0.0750. The van der Waals surface area contributed by atoms with Crippen molar-refractivity contribution in [1.82, 2.24) is 9.88 Å². The summed E-state index contributed by atoms with van der Waals surface area (Å²) < 4.78 is 0. The number of anilines is 2. The predicted molar refractivity (Wildman–Crippen MR) is 96.0 cm³/mol. The van der Waals surface area contributed by atoms with Crippen LogP contribution in [0, 0.1) is 6.92 Å². The number of aromatic nitrogens is 1. The highest BCUT2D eigenvalue weighted by Gasteiger charge is 2.25. The van der Waals surface area contributed by atoms with Gasteiger partial charge in [0.05, 0.1) is 5.69 Å². The van der Waals surface area contributed by atoms with E-state index in [9.17, 15) is 4.79 Å². The minimum Gasteiger partial charge on any atom is -0.368 e. The third-order valence-electron chi connectivity index (χ3n) is 3.94. The van der Waals surface area contributed by atoms with Crippen LogP contribution in [0.15, 0.2) is 24.3 Å². The summed E-state index contributed by atoms with van der Waals surface area (Å²) in [6, 6.07) is 7.84. The molecule has 3 rings (SSSR count). The van der Waals surface area contributed by atoms with Gasteiger partial charge in [-0.3, -0.25) is 4.79 Å². The SMILES string of the molecule is CNc1nc(C)c(C(=O)N2CCN(c3cccc(Cl)c3)CC2)s1. The van der Waals surface area contributed by atoms with Crippen LogP contribution < -0.4 is 10.2 Å². The number of nitrogens with zero attached hydrogens (tertiary/aromatic N) is 3. The summed E-state index contributed by atoms with van der Waals surface area (Å²) in [5, 5.41) is 4.51. The number of amides is 1. The maximum Gasteiger partial charge on any atom is 0.266 e. The summed E-state index contributed by atoms with van der Waals surface area (Å²) >= 11 is 7.47. The van der Waals surface area contributed by atoms with Crippen molar-refractivity contribution in [2.24, 2.45) is 0 Å². The number of carbonyl (C=O) groups is 1. The number of rotatable bonds is 3. The lowest BCUT2D eigenvalue weighted by Crippen LogP contribution is -2.48. The second-order valence-electron chi connectivity index (χ2n) is 5.44. The Morgan fingerprint density at radius 3 is 2.65 bits per heavy atom. The number of halogens is 1. The Balaban J connectivity index is 1.66. The van der Waals surface area contributed by atoms with Crippen LogP contribution in [0.3, 0.4) is 0 Å². The maximum absolute atomic E-state index is 12.7. The van der Waals surface area contributed by atoms with Gasteiger partial charge in [0.1, 0.15) is 4.88 Å². The lowest BCUT2D eigenvalue weighted by Gasteiger charge is -2.36. The predicted octanol–water partition coefficient (Wildman–Crippen LogP) is 3.11. The second kappa shape index (κ2) is 6.76. The van der Waals surface area contributed by atoms with Crippen molar-refractivity contribution in [3.8, 4) is 0 Å². The third-order valence-corrected chi connectivity index (χ3v) is 5.34. The fraction of sp³-hybridized carbons (Fsp3) is 0.375. The lowest BCUT2D eigenvalue weighted by atomic mass is 10.2. The fourth-order valence-corrected chi connectivity index (χ4v) is 3.76. The summed E-state index contributed by atoms with van der Waals surface area (Å²) in [6.45, 7) is 4.91. The molecule has 122 valence electrons. The molecule has 0 atom stereocenters. The van der Waals surface area contributed by atoms with Gasteiger partial charge in [0, 0.05) is 43.9 Å². The zero-order valence-electron chi connectivity index (χ0n) is 13.2. The first-order valence-corrected chi connectivity index (χ1v) is 8.73. The van der Waals surface area contributed by atoms with Crippen LogP contribution in [-0.2, 0) is 0 Å². The number of hydrogen-bond acceptors (Lipinski definition) is 5. The second-order valence-corrected chi connectivity index (χ2v) is 6.88. The summed E-state index contributed by atoms with van der Waals surface area (Å²) in [5.74, 6) is 0.0762. The highest BCUT2D eigenvalue weighted by atomic mass is 35.5. The van der Waals surface area contributed by atoms with Gasteiger partial charge in [0.25, 0.3) is 5.91 Å². The summed E-state index contributed by atoms with van der Waals surface area (Å²) in [6.07, 6.45) is 0. The van der Waals surface area contributed by atoms with E-state index in [1.54, 1.807) is 0 Å². The van der Waals surface area contributed by atoms with E-state index in [1.807, 2.05) is 37.1 Å². The molecule has 1 aromatic carbocycles. The van der Waals surface area contributed by atoms with Crippen LogP contribution in [0.1, 0.15) is 15.4 Å². The van der Waals surface area contributed by atoms with E-state index in [0.29, 0.717) is 13.1 Å². The average Bonchev–Trinajstić information content (AvgIpc) is 2.95. The molecule has 1 aromatic heterocycles. The molecule has 0 spiro atoms. The normalized spacial score (nSPS) is 14.9. The Labute approximate surface area is 144 Å². The Bertz CT molecular complexity index is 710. The van der Waals surface area contributed by atoms with Gasteiger partial charge < -0.3 is 15.1 Å². The molecule has 0 radical (unpaired) electrons. The monoisotopic (exact) mass is 350 g/mol. The quantitative estimate of drug-likeness (QED) is 0.924. The van der Waals surface area contributed by atoms with Crippen molar-refractivity contribution in [3.05, 3.63) is 39.9 Å². The van der Waals surface area contributed by atoms with Gasteiger partial charge in [0.2, 0.25) is 0 Å². The maximum atomic E-state index is 12.7. The van der Waals surface area contributed by atoms with Crippen molar-refractivity contribution in [2.75, 3.05) is 43.4 Å². The van der Waals surface area contributed by atoms with Crippen LogP contribution >= 0.6 is 22.9 Å². The van der Waals surface area contributed by atoms with E-state index in [4.69, 9.17) is 11.6 Å². The minimum atomic E-state index is 0.0762. The molecule has 0 saturated carbocycles. The number of carbonyl (C=O) groups excluding carboxylic acids is 1. The van der Waals surface area contributed by atoms with Gasteiger partial charge in [-0.25, -0.2) is 4.98 Å². The fourth-order valence-electron chi connectivity index (χ4n) is 2.69. The molecule has 7 heteroatoms. The van der Waals surface area contributed by atoms with Crippen molar-refractivity contribution >= 4 is 39.7 Å². The zero-order chi connectivity index (χ0) is 16.4. The number of thiazole rings is 1. The minimum absolute atomic E-state index is 0.0762. The Morgan fingerprint density at radius 1 is 1.30 bits per heavy atom. The van der Waals surface area contributed by atoms with Crippen LogP contribution in [0.25, 0.3) is 0 Å². The molecule has 1 aliphatic rings. The smallest absolute Gasteiger partial charge is 0.266 e. The van der Waals surface area contributed by atoms with Gasteiger partial charge >= 0.3 is 0 Å². The molecule has 1 aliphatic heterocycles. The molecule has 1 amide bonds. The third kappa shape index (κ3) is 3.43. The molecule has 1 saturated heterocycles. The molecule has 2 aromatic rings. The molecule has 1 fully saturated rings. The Kier molecular flexibility index (Phi) is 4.73. The van der Waals surface area contributed by atoms with E-state index in [-0.39, 0.29) is 5.91 Å². The highest BCUT2D eigenvalue weighted by molar-refractivity contribution is 7.17. The first kappa shape index (κ1) is 16.1. The molecule has 0 aliphatic carbocycles. The van der Waals surface area contributed by atoms with Gasteiger partial charge in [-0.1, -0.05) is 29.0 Å². The van der Waals surface area contributed by atoms with Crippen molar-refractivity contribution in [1.29, 1.82) is 0 Å². The summed E-state index contributed by atoms with van der Waals surface area (Å²) in [7, 11) is 1.82. The topological polar surface area (TPSA) is 48.5 Å². The summed E-state index contributed by atoms with van der Waals surface area (Å²) in [5.41, 5.74) is 1.90. The van der Waals surface area contributed by atoms with E-state index in [2.05, 4.69) is 21.3 Å². The molecule has 0 bridgehead atoms. The van der Waals surface area contributed by atoms with Gasteiger partial charge in [-0.15, -0.1) is 0 Å². The van der Waals surface area contributed by atoms with E-state index in [1.165, 1.54) is 11.3 Å². The van der Waals surface area contributed by atoms with E-state index in [0.717, 1.165) is 39.5 Å². The Morgan fingerprint density at radius 2 is 2.04 bits per heavy atom. The Hall–Kier alpha value is -1.79. The number of piperazine rings is 1. The molecule has 23 heavy (non-hydrogen) atoms. The van der Waals surface area contributed by atoms with E-state index >= 15 is 0 Å². The molecule has 2 heterocycles. The average molecular weight is 351 g/mol. The van der Waals surface area contributed by atoms with Gasteiger partial charge in [-0.2, -0.15) is 0 Å². The number of hydrogen-bond donors (Lipinski definition) is 1. The number of aryl methyl sites for hydroxylation is 1.